The highest BCUT2D eigenvalue weighted by molar-refractivity contribution is 4.79. The molecule has 1 N–H and O–H groups in total. The number of hydrogen-bond donors (Lipinski definition) is 1. The Morgan fingerprint density at radius 2 is 1.83 bits per heavy atom. The fourth-order valence-electron chi connectivity index (χ4n) is 2.61. The Morgan fingerprint density at radius 3 is 2.39 bits per heavy atom. The summed E-state index contributed by atoms with van der Waals surface area (Å²) in [6, 6.07) is 0. The minimum absolute atomic E-state index is 0.333. The summed E-state index contributed by atoms with van der Waals surface area (Å²) < 4.78 is 10.8. The van der Waals surface area contributed by atoms with Gasteiger partial charge in [-0.1, -0.05) is 0 Å². The Bertz CT molecular complexity index is 241. The predicted molar refractivity (Wildman–Crippen MR) is 69.5 cm³/mol. The van der Waals surface area contributed by atoms with Gasteiger partial charge in [-0.25, -0.2) is 0 Å². The highest BCUT2D eigenvalue weighted by atomic mass is 16.7. The molecule has 2 saturated heterocycles. The third kappa shape index (κ3) is 4.82. The fourth-order valence-corrected chi connectivity index (χ4v) is 2.61. The number of rotatable bonds is 4. The lowest BCUT2D eigenvalue weighted by atomic mass is 10.1. The Labute approximate surface area is 110 Å². The molecule has 0 amide bonds. The van der Waals surface area contributed by atoms with E-state index in [0.29, 0.717) is 12.9 Å². The number of hydrogen-bond acceptors (Lipinski definition) is 5. The molecule has 2 aliphatic rings. The maximum Gasteiger partial charge on any atom is 0.147 e. The maximum atomic E-state index is 9.81. The average molecular weight is 258 g/mol. The summed E-state index contributed by atoms with van der Waals surface area (Å²) in [4.78, 5) is 4.79. The van der Waals surface area contributed by atoms with Crippen LogP contribution in [0, 0.1) is 0 Å². The molecule has 0 aromatic rings. The Kier molecular flexibility index (Phi) is 4.98. The number of aliphatic hydroxyl groups is 1. The van der Waals surface area contributed by atoms with Crippen LogP contribution in [-0.4, -0.2) is 79.3 Å². The van der Waals surface area contributed by atoms with Crippen LogP contribution in [0.25, 0.3) is 0 Å². The Morgan fingerprint density at radius 1 is 1.17 bits per heavy atom. The van der Waals surface area contributed by atoms with Crippen LogP contribution in [0.3, 0.4) is 0 Å². The van der Waals surface area contributed by atoms with Crippen molar-refractivity contribution in [3.8, 4) is 0 Å². The second kappa shape index (κ2) is 6.30. The third-order valence-electron chi connectivity index (χ3n) is 3.51. The SMILES string of the molecule is CC(C)(O)CN1CCN(CC2CCOCO2)CC1. The van der Waals surface area contributed by atoms with E-state index in [1.807, 2.05) is 13.8 Å². The molecule has 2 rings (SSSR count). The van der Waals surface area contributed by atoms with Crippen molar-refractivity contribution in [2.24, 2.45) is 0 Å². The predicted octanol–water partition coefficient (Wildman–Crippen LogP) is 0.138. The molecule has 2 fully saturated rings. The Balaban J connectivity index is 1.66. The van der Waals surface area contributed by atoms with Crippen molar-refractivity contribution in [3.05, 3.63) is 0 Å². The summed E-state index contributed by atoms with van der Waals surface area (Å²) in [6.45, 7) is 11.0. The van der Waals surface area contributed by atoms with Gasteiger partial charge in [0.2, 0.25) is 0 Å². The number of β-amino-alcohol motifs (C(OH)–C–C–N with tert-alkyl or cyclic N) is 1. The summed E-state index contributed by atoms with van der Waals surface area (Å²) >= 11 is 0. The summed E-state index contributed by atoms with van der Waals surface area (Å²) in [5.41, 5.74) is -0.591. The van der Waals surface area contributed by atoms with Crippen LogP contribution < -0.4 is 0 Å². The largest absolute Gasteiger partial charge is 0.389 e. The molecule has 0 radical (unpaired) electrons. The van der Waals surface area contributed by atoms with Crippen LogP contribution >= 0.6 is 0 Å². The maximum absolute atomic E-state index is 9.81. The minimum atomic E-state index is -0.591. The van der Waals surface area contributed by atoms with E-state index in [1.165, 1.54) is 0 Å². The molecule has 5 nitrogen and oxygen atoms in total. The molecular formula is C13H26N2O3. The van der Waals surface area contributed by atoms with Crippen LogP contribution in [-0.2, 0) is 9.47 Å². The van der Waals surface area contributed by atoms with E-state index in [-0.39, 0.29) is 0 Å². The standard InChI is InChI=1S/C13H26N2O3/c1-13(2,16)10-15-6-4-14(5-7-15)9-12-3-8-17-11-18-12/h12,16H,3-11H2,1-2H3. The molecule has 1 unspecified atom stereocenters. The Hall–Kier alpha value is -0.200. The molecule has 1 atom stereocenters. The van der Waals surface area contributed by atoms with Gasteiger partial charge in [-0.3, -0.25) is 9.80 Å². The van der Waals surface area contributed by atoms with Gasteiger partial charge in [0.05, 0.1) is 18.3 Å². The number of nitrogens with zero attached hydrogens (tertiary/aromatic N) is 2. The minimum Gasteiger partial charge on any atom is -0.389 e. The molecular weight excluding hydrogens is 232 g/mol. The average Bonchev–Trinajstić information content (AvgIpc) is 2.31. The van der Waals surface area contributed by atoms with Crippen molar-refractivity contribution >= 4 is 0 Å². The third-order valence-corrected chi connectivity index (χ3v) is 3.51. The van der Waals surface area contributed by atoms with E-state index in [1.54, 1.807) is 0 Å². The molecule has 2 aliphatic heterocycles. The van der Waals surface area contributed by atoms with E-state index in [0.717, 1.165) is 52.3 Å². The van der Waals surface area contributed by atoms with Gasteiger partial charge in [-0.2, -0.15) is 0 Å². The molecule has 0 aliphatic carbocycles. The van der Waals surface area contributed by atoms with Gasteiger partial charge in [-0.05, 0) is 20.3 Å². The van der Waals surface area contributed by atoms with E-state index in [4.69, 9.17) is 9.47 Å². The van der Waals surface area contributed by atoms with E-state index in [2.05, 4.69) is 9.80 Å². The summed E-state index contributed by atoms with van der Waals surface area (Å²) in [7, 11) is 0. The van der Waals surface area contributed by atoms with Gasteiger partial charge < -0.3 is 14.6 Å². The first-order valence-corrected chi connectivity index (χ1v) is 6.89. The van der Waals surface area contributed by atoms with Crippen LogP contribution in [0.15, 0.2) is 0 Å². The lowest BCUT2D eigenvalue weighted by Gasteiger charge is -2.38. The second-order valence-corrected chi connectivity index (χ2v) is 5.99. The zero-order valence-electron chi connectivity index (χ0n) is 11.6. The van der Waals surface area contributed by atoms with Crippen LogP contribution in [0.2, 0.25) is 0 Å². The van der Waals surface area contributed by atoms with Crippen molar-refractivity contribution in [2.75, 3.05) is 52.7 Å². The van der Waals surface area contributed by atoms with Gasteiger partial charge in [0, 0.05) is 39.3 Å². The molecule has 0 spiro atoms. The number of piperazine rings is 1. The molecule has 0 aromatic carbocycles. The van der Waals surface area contributed by atoms with Gasteiger partial charge >= 0.3 is 0 Å². The van der Waals surface area contributed by atoms with Gasteiger partial charge in [0.1, 0.15) is 6.79 Å². The van der Waals surface area contributed by atoms with Gasteiger partial charge in [-0.15, -0.1) is 0 Å². The molecule has 106 valence electrons. The highest BCUT2D eigenvalue weighted by Gasteiger charge is 2.24. The molecule has 0 saturated carbocycles. The van der Waals surface area contributed by atoms with Crippen molar-refractivity contribution in [3.63, 3.8) is 0 Å². The normalized spacial score (nSPS) is 28.5. The smallest absolute Gasteiger partial charge is 0.147 e. The molecule has 0 aromatic heterocycles. The molecule has 5 heteroatoms. The highest BCUT2D eigenvalue weighted by Crippen LogP contribution is 2.12. The first-order valence-electron chi connectivity index (χ1n) is 6.89. The van der Waals surface area contributed by atoms with Crippen molar-refractivity contribution in [1.82, 2.24) is 9.80 Å². The molecule has 2 heterocycles. The van der Waals surface area contributed by atoms with Gasteiger partial charge in [0.15, 0.2) is 0 Å². The lowest BCUT2D eigenvalue weighted by molar-refractivity contribution is -0.146. The topological polar surface area (TPSA) is 45.2 Å². The number of ether oxygens (including phenoxy) is 2. The summed E-state index contributed by atoms with van der Waals surface area (Å²) in [5.74, 6) is 0. The van der Waals surface area contributed by atoms with Crippen LogP contribution in [0.5, 0.6) is 0 Å². The first kappa shape index (κ1) is 14.2. The summed E-state index contributed by atoms with van der Waals surface area (Å²) in [6.07, 6.45) is 1.34. The van der Waals surface area contributed by atoms with Crippen molar-refractivity contribution in [1.29, 1.82) is 0 Å². The van der Waals surface area contributed by atoms with Crippen molar-refractivity contribution in [2.45, 2.75) is 32.0 Å². The van der Waals surface area contributed by atoms with E-state index < -0.39 is 5.60 Å². The van der Waals surface area contributed by atoms with Crippen molar-refractivity contribution < 1.29 is 14.6 Å². The van der Waals surface area contributed by atoms with E-state index >= 15 is 0 Å². The monoisotopic (exact) mass is 258 g/mol. The quantitative estimate of drug-likeness (QED) is 0.777. The van der Waals surface area contributed by atoms with E-state index in [9.17, 15) is 5.11 Å². The zero-order valence-corrected chi connectivity index (χ0v) is 11.6. The first-order chi connectivity index (χ1) is 8.53. The van der Waals surface area contributed by atoms with Crippen LogP contribution in [0.1, 0.15) is 20.3 Å². The second-order valence-electron chi connectivity index (χ2n) is 5.99. The van der Waals surface area contributed by atoms with Crippen LogP contribution in [0.4, 0.5) is 0 Å². The summed E-state index contributed by atoms with van der Waals surface area (Å²) in [5, 5.41) is 9.81. The molecule has 0 bridgehead atoms. The lowest BCUT2D eigenvalue weighted by Crippen LogP contribution is -2.52. The van der Waals surface area contributed by atoms with Gasteiger partial charge in [0.25, 0.3) is 0 Å². The zero-order chi connectivity index (χ0) is 13.0. The molecule has 18 heavy (non-hydrogen) atoms. The fraction of sp³-hybridized carbons (Fsp3) is 1.00.